The molecule has 1 aliphatic rings. The summed E-state index contributed by atoms with van der Waals surface area (Å²) in [6, 6.07) is 0.710. The molecular formula is C14H31N3O2. The van der Waals surface area contributed by atoms with Crippen LogP contribution in [0.15, 0.2) is 0 Å². The molecule has 1 saturated heterocycles. The molecule has 1 rings (SSSR count). The van der Waals surface area contributed by atoms with Gasteiger partial charge >= 0.3 is 0 Å². The normalized spacial score (nSPS) is 18.0. The number of ether oxygens (including phenoxy) is 2. The minimum Gasteiger partial charge on any atom is -0.378 e. The van der Waals surface area contributed by atoms with Crippen LogP contribution in [0.5, 0.6) is 0 Å². The maximum atomic E-state index is 5.59. The minimum atomic E-state index is 0.702. The van der Waals surface area contributed by atoms with Gasteiger partial charge in [0.05, 0.1) is 26.4 Å². The van der Waals surface area contributed by atoms with Gasteiger partial charge in [0.15, 0.2) is 0 Å². The summed E-state index contributed by atoms with van der Waals surface area (Å²) in [7, 11) is 2.06. The van der Waals surface area contributed by atoms with Gasteiger partial charge in [-0.15, -0.1) is 0 Å². The van der Waals surface area contributed by atoms with Crippen LogP contribution < -0.4 is 10.6 Å². The van der Waals surface area contributed by atoms with Gasteiger partial charge in [-0.05, 0) is 39.5 Å². The zero-order valence-corrected chi connectivity index (χ0v) is 12.6. The smallest absolute Gasteiger partial charge is 0.0701 e. The Morgan fingerprint density at radius 3 is 2.37 bits per heavy atom. The van der Waals surface area contributed by atoms with Gasteiger partial charge in [0.2, 0.25) is 0 Å². The van der Waals surface area contributed by atoms with Crippen molar-refractivity contribution in [2.45, 2.75) is 25.8 Å². The first kappa shape index (κ1) is 16.9. The maximum absolute atomic E-state index is 5.59. The number of hydrogen-bond acceptors (Lipinski definition) is 5. The Balaban J connectivity index is 1.81. The Hall–Kier alpha value is -0.200. The van der Waals surface area contributed by atoms with Gasteiger partial charge in [0.25, 0.3) is 0 Å². The maximum Gasteiger partial charge on any atom is 0.0701 e. The molecule has 0 atom stereocenters. The fraction of sp³-hybridized carbons (Fsp3) is 1.00. The van der Waals surface area contributed by atoms with E-state index in [2.05, 4.69) is 29.5 Å². The number of nitrogens with zero attached hydrogens (tertiary/aromatic N) is 1. The van der Waals surface area contributed by atoms with Crippen molar-refractivity contribution in [1.82, 2.24) is 15.5 Å². The number of hydrogen-bond donors (Lipinski definition) is 2. The highest BCUT2D eigenvalue weighted by Crippen LogP contribution is 2.08. The number of rotatable bonds is 11. The highest BCUT2D eigenvalue weighted by Gasteiger charge is 2.16. The van der Waals surface area contributed by atoms with Crippen LogP contribution in [0.3, 0.4) is 0 Å². The van der Waals surface area contributed by atoms with Gasteiger partial charge in [0.1, 0.15) is 0 Å². The minimum absolute atomic E-state index is 0.702. The SMILES string of the molecule is CCNCCOCCOCCN1CCC(NC)CC1. The predicted octanol–water partition coefficient (Wildman–Crippen LogP) is 0.313. The molecule has 0 aliphatic carbocycles. The second-order valence-electron chi connectivity index (χ2n) is 4.98. The third kappa shape index (κ3) is 8.55. The average Bonchev–Trinajstić information content (AvgIpc) is 2.46. The van der Waals surface area contributed by atoms with Crippen LogP contribution in [0.1, 0.15) is 19.8 Å². The molecule has 1 heterocycles. The van der Waals surface area contributed by atoms with Crippen LogP contribution in [0.4, 0.5) is 0 Å². The van der Waals surface area contributed by atoms with Crippen molar-refractivity contribution in [1.29, 1.82) is 0 Å². The quantitative estimate of drug-likeness (QED) is 0.531. The first-order chi connectivity index (χ1) is 9.36. The Morgan fingerprint density at radius 2 is 1.74 bits per heavy atom. The van der Waals surface area contributed by atoms with E-state index in [1.54, 1.807) is 0 Å². The Bertz CT molecular complexity index is 197. The second-order valence-corrected chi connectivity index (χ2v) is 4.98. The van der Waals surface area contributed by atoms with Crippen molar-refractivity contribution in [3.8, 4) is 0 Å². The van der Waals surface area contributed by atoms with E-state index in [1.165, 1.54) is 25.9 Å². The molecule has 1 fully saturated rings. The van der Waals surface area contributed by atoms with E-state index < -0.39 is 0 Å². The molecule has 2 N–H and O–H groups in total. The van der Waals surface area contributed by atoms with Crippen LogP contribution >= 0.6 is 0 Å². The monoisotopic (exact) mass is 273 g/mol. The van der Waals surface area contributed by atoms with Gasteiger partial charge in [0, 0.05) is 19.1 Å². The summed E-state index contributed by atoms with van der Waals surface area (Å²) in [6.45, 7) is 10.5. The molecule has 5 nitrogen and oxygen atoms in total. The Kier molecular flexibility index (Phi) is 10.3. The number of piperidine rings is 1. The van der Waals surface area contributed by atoms with E-state index in [0.717, 1.165) is 32.8 Å². The summed E-state index contributed by atoms with van der Waals surface area (Å²) < 4.78 is 11.0. The molecule has 114 valence electrons. The molecule has 0 aromatic heterocycles. The summed E-state index contributed by atoms with van der Waals surface area (Å²) in [5.41, 5.74) is 0. The van der Waals surface area contributed by atoms with E-state index in [4.69, 9.17) is 9.47 Å². The largest absolute Gasteiger partial charge is 0.378 e. The molecule has 0 bridgehead atoms. The Labute approximate surface area is 118 Å². The molecule has 0 spiro atoms. The van der Waals surface area contributed by atoms with Crippen molar-refractivity contribution in [3.63, 3.8) is 0 Å². The number of likely N-dealkylation sites (N-methyl/N-ethyl adjacent to an activating group) is 1. The van der Waals surface area contributed by atoms with Crippen molar-refractivity contribution >= 4 is 0 Å². The lowest BCUT2D eigenvalue weighted by molar-refractivity contribution is 0.0366. The number of nitrogens with one attached hydrogen (secondary N) is 2. The molecule has 5 heteroatoms. The second kappa shape index (κ2) is 11.6. The molecule has 0 unspecified atom stereocenters. The average molecular weight is 273 g/mol. The zero-order chi connectivity index (χ0) is 13.8. The van der Waals surface area contributed by atoms with Crippen LogP contribution in [0.25, 0.3) is 0 Å². The van der Waals surface area contributed by atoms with Gasteiger partial charge < -0.3 is 25.0 Å². The van der Waals surface area contributed by atoms with E-state index in [0.29, 0.717) is 19.3 Å². The van der Waals surface area contributed by atoms with Crippen molar-refractivity contribution in [3.05, 3.63) is 0 Å². The first-order valence-electron chi connectivity index (χ1n) is 7.62. The van der Waals surface area contributed by atoms with Gasteiger partial charge in [-0.3, -0.25) is 0 Å². The number of likely N-dealkylation sites (tertiary alicyclic amines) is 1. The lowest BCUT2D eigenvalue weighted by Crippen LogP contribution is -2.42. The fourth-order valence-electron chi connectivity index (χ4n) is 2.28. The third-order valence-electron chi connectivity index (χ3n) is 3.59. The summed E-state index contributed by atoms with van der Waals surface area (Å²) >= 11 is 0. The third-order valence-corrected chi connectivity index (χ3v) is 3.59. The fourth-order valence-corrected chi connectivity index (χ4v) is 2.28. The highest BCUT2D eigenvalue weighted by molar-refractivity contribution is 4.75. The Morgan fingerprint density at radius 1 is 1.05 bits per heavy atom. The lowest BCUT2D eigenvalue weighted by Gasteiger charge is -2.31. The molecule has 0 aromatic rings. The molecule has 19 heavy (non-hydrogen) atoms. The summed E-state index contributed by atoms with van der Waals surface area (Å²) in [4.78, 5) is 2.49. The van der Waals surface area contributed by atoms with Crippen LogP contribution in [-0.2, 0) is 9.47 Å². The molecule has 1 aliphatic heterocycles. The van der Waals surface area contributed by atoms with E-state index in [-0.39, 0.29) is 0 Å². The lowest BCUT2D eigenvalue weighted by atomic mass is 10.1. The van der Waals surface area contributed by atoms with Crippen LogP contribution in [0, 0.1) is 0 Å². The van der Waals surface area contributed by atoms with Crippen molar-refractivity contribution < 1.29 is 9.47 Å². The standard InChI is InChI=1S/C14H31N3O2/c1-3-16-6-10-18-12-13-19-11-9-17-7-4-14(15-2)5-8-17/h14-16H,3-13H2,1-2H3. The van der Waals surface area contributed by atoms with E-state index in [1.807, 2.05) is 0 Å². The molecule has 0 aromatic carbocycles. The van der Waals surface area contributed by atoms with E-state index in [9.17, 15) is 0 Å². The topological polar surface area (TPSA) is 45.8 Å². The van der Waals surface area contributed by atoms with Crippen LogP contribution in [-0.4, -0.2) is 77.1 Å². The highest BCUT2D eigenvalue weighted by atomic mass is 16.5. The summed E-state index contributed by atoms with van der Waals surface area (Å²) in [6.07, 6.45) is 2.51. The van der Waals surface area contributed by atoms with Crippen molar-refractivity contribution in [2.24, 2.45) is 0 Å². The molecule has 0 amide bonds. The molecule has 0 saturated carbocycles. The summed E-state index contributed by atoms with van der Waals surface area (Å²) in [5, 5.41) is 6.57. The molecule has 0 radical (unpaired) electrons. The summed E-state index contributed by atoms with van der Waals surface area (Å²) in [5.74, 6) is 0. The van der Waals surface area contributed by atoms with Gasteiger partial charge in [-0.1, -0.05) is 6.92 Å². The molecular weight excluding hydrogens is 242 g/mol. The van der Waals surface area contributed by atoms with Gasteiger partial charge in [-0.2, -0.15) is 0 Å². The predicted molar refractivity (Wildman–Crippen MR) is 78.7 cm³/mol. The first-order valence-corrected chi connectivity index (χ1v) is 7.62. The van der Waals surface area contributed by atoms with Crippen LogP contribution in [0.2, 0.25) is 0 Å². The van der Waals surface area contributed by atoms with Gasteiger partial charge in [-0.25, -0.2) is 0 Å². The zero-order valence-electron chi connectivity index (χ0n) is 12.6. The van der Waals surface area contributed by atoms with Crippen molar-refractivity contribution in [2.75, 3.05) is 66.2 Å². The van der Waals surface area contributed by atoms with E-state index >= 15 is 0 Å².